The van der Waals surface area contributed by atoms with Gasteiger partial charge in [0.05, 0.1) is 18.8 Å². The van der Waals surface area contributed by atoms with Gasteiger partial charge in [-0.3, -0.25) is 18.5 Å². The van der Waals surface area contributed by atoms with Crippen LogP contribution in [0.3, 0.4) is 0 Å². The smallest absolute Gasteiger partial charge is 0.297 e. The predicted octanol–water partition coefficient (Wildman–Crippen LogP) is 1.89. The first-order valence-electron chi connectivity index (χ1n) is 8.80. The number of anilines is 1. The highest BCUT2D eigenvalue weighted by molar-refractivity contribution is 6.30. The number of benzene rings is 1. The number of hydrazone groups is 1. The minimum atomic E-state index is -0.410. The Hall–Kier alpha value is -3.13. The number of aromatic nitrogens is 4. The second kappa shape index (κ2) is 6.79. The van der Waals surface area contributed by atoms with E-state index in [1.807, 2.05) is 35.8 Å². The molecule has 0 amide bonds. The number of allylic oxidation sites excluding steroid dienone is 1. The summed E-state index contributed by atoms with van der Waals surface area (Å²) in [6.45, 7) is 2.79. The van der Waals surface area contributed by atoms with Crippen LogP contribution in [0.2, 0.25) is 5.02 Å². The van der Waals surface area contributed by atoms with Crippen LogP contribution in [0.15, 0.2) is 51.1 Å². The maximum atomic E-state index is 12.8. The van der Waals surface area contributed by atoms with Crippen molar-refractivity contribution in [3.63, 3.8) is 0 Å². The third-order valence-corrected chi connectivity index (χ3v) is 5.05. The number of halogens is 1. The number of imidazole rings is 1. The minimum absolute atomic E-state index is 0.348. The zero-order valence-corrected chi connectivity index (χ0v) is 16.5. The first-order chi connectivity index (χ1) is 13.4. The molecule has 1 aliphatic rings. The molecule has 9 heteroatoms. The summed E-state index contributed by atoms with van der Waals surface area (Å²) in [4.78, 5) is 29.7. The Morgan fingerprint density at radius 3 is 2.54 bits per heavy atom. The van der Waals surface area contributed by atoms with Crippen molar-refractivity contribution in [2.75, 3.05) is 11.6 Å². The lowest BCUT2D eigenvalue weighted by Gasteiger charge is -2.25. The number of fused-ring (bicyclic) bond motifs is 3. The highest BCUT2D eigenvalue weighted by atomic mass is 35.5. The Balaban J connectivity index is 1.96. The lowest BCUT2D eigenvalue weighted by atomic mass is 10.1. The van der Waals surface area contributed by atoms with Gasteiger partial charge in [-0.15, -0.1) is 0 Å². The topological polar surface area (TPSA) is 77.4 Å². The van der Waals surface area contributed by atoms with Crippen LogP contribution in [0.4, 0.5) is 5.95 Å². The normalized spacial score (nSPS) is 14.0. The fraction of sp³-hybridized carbons (Fsp3) is 0.263. The van der Waals surface area contributed by atoms with Crippen molar-refractivity contribution in [2.45, 2.75) is 13.5 Å². The molecule has 0 unspecified atom stereocenters. The van der Waals surface area contributed by atoms with Gasteiger partial charge in [0.1, 0.15) is 0 Å². The van der Waals surface area contributed by atoms with Crippen molar-refractivity contribution < 1.29 is 0 Å². The molecule has 28 heavy (non-hydrogen) atoms. The average Bonchev–Trinajstić information content (AvgIpc) is 3.09. The van der Waals surface area contributed by atoms with Crippen LogP contribution in [0.1, 0.15) is 12.5 Å². The van der Waals surface area contributed by atoms with E-state index in [-0.39, 0.29) is 5.56 Å². The van der Waals surface area contributed by atoms with E-state index in [1.165, 1.54) is 11.6 Å². The Morgan fingerprint density at radius 1 is 1.14 bits per heavy atom. The molecule has 0 saturated heterocycles. The molecule has 144 valence electrons. The molecule has 0 N–H and O–H groups in total. The van der Waals surface area contributed by atoms with Gasteiger partial charge < -0.3 is 0 Å². The van der Waals surface area contributed by atoms with Crippen molar-refractivity contribution in [3.8, 4) is 0 Å². The van der Waals surface area contributed by atoms with E-state index in [0.29, 0.717) is 35.2 Å². The summed E-state index contributed by atoms with van der Waals surface area (Å²) in [6, 6.07) is 7.40. The molecule has 4 rings (SSSR count). The van der Waals surface area contributed by atoms with Crippen molar-refractivity contribution in [1.29, 1.82) is 0 Å². The van der Waals surface area contributed by atoms with Crippen molar-refractivity contribution >= 4 is 34.4 Å². The zero-order chi connectivity index (χ0) is 20.0. The number of aryl methyl sites for hydroxylation is 1. The summed E-state index contributed by atoms with van der Waals surface area (Å²) in [5.74, 6) is 0.532. The largest absolute Gasteiger partial charge is 0.332 e. The Labute approximate surface area is 165 Å². The van der Waals surface area contributed by atoms with Gasteiger partial charge in [0, 0.05) is 19.1 Å². The van der Waals surface area contributed by atoms with Crippen LogP contribution < -0.4 is 16.3 Å². The standard InChI is InChI=1S/C19H19ClN6O2/c1-4-5-10-26-18-21-16-15(17(27)24(3)19(28)23(16)2)25(18)11-14(22-26)12-6-8-13(20)9-7-12/h4-9H,10-11H2,1-3H3. The fourth-order valence-corrected chi connectivity index (χ4v) is 3.40. The number of nitrogens with zero attached hydrogens (tertiary/aromatic N) is 6. The summed E-state index contributed by atoms with van der Waals surface area (Å²) in [6.07, 6.45) is 3.88. The quantitative estimate of drug-likeness (QED) is 0.631. The van der Waals surface area contributed by atoms with Gasteiger partial charge in [0.15, 0.2) is 11.2 Å². The summed E-state index contributed by atoms with van der Waals surface area (Å²) in [5, 5.41) is 7.11. The molecule has 2 aromatic heterocycles. The molecule has 3 aromatic rings. The van der Waals surface area contributed by atoms with Gasteiger partial charge in [0.25, 0.3) is 5.56 Å². The number of rotatable bonds is 3. The SMILES string of the molecule is CC=CCN1N=C(c2ccc(Cl)cc2)Cn2c1nc1c2c(=O)n(C)c(=O)n1C. The van der Waals surface area contributed by atoms with Crippen LogP contribution in [0.25, 0.3) is 11.2 Å². The zero-order valence-electron chi connectivity index (χ0n) is 15.8. The van der Waals surface area contributed by atoms with Gasteiger partial charge in [-0.2, -0.15) is 10.1 Å². The first-order valence-corrected chi connectivity index (χ1v) is 9.18. The van der Waals surface area contributed by atoms with Crippen LogP contribution in [-0.4, -0.2) is 30.9 Å². The van der Waals surface area contributed by atoms with Gasteiger partial charge in [-0.1, -0.05) is 35.9 Å². The third-order valence-electron chi connectivity index (χ3n) is 4.80. The fourth-order valence-electron chi connectivity index (χ4n) is 3.27. The molecule has 3 heterocycles. The number of hydrogen-bond donors (Lipinski definition) is 0. The molecular weight excluding hydrogens is 380 g/mol. The highest BCUT2D eigenvalue weighted by Crippen LogP contribution is 2.25. The van der Waals surface area contributed by atoms with E-state index in [2.05, 4.69) is 4.98 Å². The second-order valence-corrected chi connectivity index (χ2v) is 7.02. The second-order valence-electron chi connectivity index (χ2n) is 6.58. The average molecular weight is 399 g/mol. The molecule has 8 nitrogen and oxygen atoms in total. The molecule has 1 aliphatic heterocycles. The van der Waals surface area contributed by atoms with Crippen LogP contribution in [0.5, 0.6) is 0 Å². The van der Waals surface area contributed by atoms with E-state index in [0.717, 1.165) is 15.8 Å². The van der Waals surface area contributed by atoms with E-state index in [1.54, 1.807) is 24.2 Å². The Bertz CT molecular complexity index is 1250. The number of hydrogen-bond acceptors (Lipinski definition) is 5. The maximum Gasteiger partial charge on any atom is 0.332 e. The Morgan fingerprint density at radius 2 is 1.86 bits per heavy atom. The lowest BCUT2D eigenvalue weighted by molar-refractivity contribution is 0.702. The minimum Gasteiger partial charge on any atom is -0.297 e. The molecule has 0 aliphatic carbocycles. The highest BCUT2D eigenvalue weighted by Gasteiger charge is 2.27. The molecule has 0 radical (unpaired) electrons. The molecule has 0 bridgehead atoms. The van der Waals surface area contributed by atoms with Crippen molar-refractivity contribution in [2.24, 2.45) is 19.2 Å². The maximum absolute atomic E-state index is 12.8. The molecule has 0 atom stereocenters. The lowest BCUT2D eigenvalue weighted by Crippen LogP contribution is -2.38. The van der Waals surface area contributed by atoms with E-state index in [9.17, 15) is 9.59 Å². The third kappa shape index (κ3) is 2.77. The summed E-state index contributed by atoms with van der Waals surface area (Å²) >= 11 is 6.01. The van der Waals surface area contributed by atoms with Crippen molar-refractivity contribution in [1.82, 2.24) is 18.7 Å². The van der Waals surface area contributed by atoms with E-state index in [4.69, 9.17) is 16.7 Å². The van der Waals surface area contributed by atoms with Crippen LogP contribution >= 0.6 is 11.6 Å². The van der Waals surface area contributed by atoms with Crippen LogP contribution in [0, 0.1) is 0 Å². The molecule has 0 saturated carbocycles. The predicted molar refractivity (Wildman–Crippen MR) is 110 cm³/mol. The van der Waals surface area contributed by atoms with Crippen LogP contribution in [-0.2, 0) is 20.6 Å². The van der Waals surface area contributed by atoms with E-state index >= 15 is 0 Å². The monoisotopic (exact) mass is 398 g/mol. The molecular formula is C19H19ClN6O2. The van der Waals surface area contributed by atoms with Gasteiger partial charge >= 0.3 is 5.69 Å². The van der Waals surface area contributed by atoms with Crippen molar-refractivity contribution in [3.05, 3.63) is 67.8 Å². The Kier molecular flexibility index (Phi) is 4.43. The first kappa shape index (κ1) is 18.2. The van der Waals surface area contributed by atoms with Gasteiger partial charge in [-0.05, 0) is 24.6 Å². The summed E-state index contributed by atoms with van der Waals surface area (Å²) < 4.78 is 4.30. The van der Waals surface area contributed by atoms with Gasteiger partial charge in [0.2, 0.25) is 5.95 Å². The summed E-state index contributed by atoms with van der Waals surface area (Å²) in [7, 11) is 3.08. The molecule has 1 aromatic carbocycles. The van der Waals surface area contributed by atoms with E-state index < -0.39 is 5.69 Å². The van der Waals surface area contributed by atoms with Gasteiger partial charge in [-0.25, -0.2) is 9.80 Å². The molecule has 0 fully saturated rings. The summed E-state index contributed by atoms with van der Waals surface area (Å²) in [5.41, 5.74) is 1.63. The molecule has 0 spiro atoms.